The average Bonchev–Trinajstić information content (AvgIpc) is 2.62. The van der Waals surface area contributed by atoms with Crippen molar-refractivity contribution >= 4 is 50.5 Å². The summed E-state index contributed by atoms with van der Waals surface area (Å²) in [5.74, 6) is 0. The highest BCUT2D eigenvalue weighted by atomic mass is 79.9. The van der Waals surface area contributed by atoms with E-state index in [1.54, 1.807) is 12.1 Å². The molecule has 5 heteroatoms. The van der Waals surface area contributed by atoms with Gasteiger partial charge in [0.1, 0.15) is 0 Å². The summed E-state index contributed by atoms with van der Waals surface area (Å²) in [6.45, 7) is 0. The van der Waals surface area contributed by atoms with Crippen molar-refractivity contribution < 1.29 is 5.11 Å². The van der Waals surface area contributed by atoms with Crippen molar-refractivity contribution in [1.29, 1.82) is 0 Å². The van der Waals surface area contributed by atoms with Gasteiger partial charge in [-0.05, 0) is 35.9 Å². The second-order valence-corrected chi connectivity index (χ2v) is 6.78. The van der Waals surface area contributed by atoms with Gasteiger partial charge in [-0.25, -0.2) is 0 Å². The van der Waals surface area contributed by atoms with Crippen LogP contribution in [-0.4, -0.2) is 5.11 Å². The van der Waals surface area contributed by atoms with Gasteiger partial charge in [-0.3, -0.25) is 0 Å². The molecule has 2 aromatic rings. The predicted molar refractivity (Wildman–Crippen MR) is 77.1 cm³/mol. The summed E-state index contributed by atoms with van der Waals surface area (Å²) < 4.78 is 1.60. The molecule has 0 saturated carbocycles. The number of aliphatic hydroxyl groups is 1. The number of hydrogen-bond donors (Lipinski definition) is 1. The number of thiophene rings is 1. The SMILES string of the molecule is OC(Cc1ccc(Cl)s1)c1cc(Cl)cc(Br)c1. The van der Waals surface area contributed by atoms with Crippen LogP contribution in [0.15, 0.2) is 34.8 Å². The van der Waals surface area contributed by atoms with Crippen molar-refractivity contribution in [1.82, 2.24) is 0 Å². The molecule has 0 amide bonds. The standard InChI is InChI=1S/C12H9BrCl2OS/c13-8-3-7(4-9(14)5-8)11(16)6-10-1-2-12(15)17-10/h1-5,11,16H,6H2. The van der Waals surface area contributed by atoms with E-state index in [0.717, 1.165) is 19.2 Å². The molecule has 0 aliphatic carbocycles. The molecule has 0 bridgehead atoms. The van der Waals surface area contributed by atoms with E-state index in [2.05, 4.69) is 15.9 Å². The Morgan fingerprint density at radius 3 is 2.59 bits per heavy atom. The first kappa shape index (κ1) is 13.4. The fourth-order valence-corrected chi connectivity index (χ4v) is 3.55. The Balaban J connectivity index is 2.16. The topological polar surface area (TPSA) is 20.2 Å². The highest BCUT2D eigenvalue weighted by molar-refractivity contribution is 9.10. The summed E-state index contributed by atoms with van der Waals surface area (Å²) in [6, 6.07) is 9.19. The number of aliphatic hydroxyl groups excluding tert-OH is 1. The van der Waals surface area contributed by atoms with Gasteiger partial charge in [-0.1, -0.05) is 39.1 Å². The lowest BCUT2D eigenvalue weighted by Crippen LogP contribution is -2.00. The molecule has 0 aliphatic heterocycles. The first-order valence-corrected chi connectivity index (χ1v) is 7.29. The Morgan fingerprint density at radius 1 is 1.24 bits per heavy atom. The van der Waals surface area contributed by atoms with E-state index in [-0.39, 0.29) is 0 Å². The average molecular weight is 352 g/mol. The van der Waals surface area contributed by atoms with Gasteiger partial charge in [0.05, 0.1) is 10.4 Å². The molecule has 1 aromatic carbocycles. The van der Waals surface area contributed by atoms with Crippen molar-refractivity contribution in [3.05, 3.63) is 54.6 Å². The van der Waals surface area contributed by atoms with Crippen LogP contribution in [0.5, 0.6) is 0 Å². The number of halogens is 3. The maximum Gasteiger partial charge on any atom is 0.0931 e. The van der Waals surface area contributed by atoms with E-state index in [1.807, 2.05) is 18.2 Å². The monoisotopic (exact) mass is 350 g/mol. The fourth-order valence-electron chi connectivity index (χ4n) is 1.54. The van der Waals surface area contributed by atoms with Gasteiger partial charge < -0.3 is 5.11 Å². The number of hydrogen-bond acceptors (Lipinski definition) is 2. The van der Waals surface area contributed by atoms with Gasteiger partial charge in [0.25, 0.3) is 0 Å². The minimum atomic E-state index is -0.570. The van der Waals surface area contributed by atoms with Crippen molar-refractivity contribution in [2.75, 3.05) is 0 Å². The van der Waals surface area contributed by atoms with E-state index in [0.29, 0.717) is 11.4 Å². The Hall–Kier alpha value is -0.0600. The summed E-state index contributed by atoms with van der Waals surface area (Å²) in [7, 11) is 0. The van der Waals surface area contributed by atoms with Crippen LogP contribution in [0, 0.1) is 0 Å². The van der Waals surface area contributed by atoms with Crippen molar-refractivity contribution in [3.63, 3.8) is 0 Å². The zero-order valence-electron chi connectivity index (χ0n) is 8.66. The summed E-state index contributed by atoms with van der Waals surface area (Å²) in [5, 5.41) is 10.7. The van der Waals surface area contributed by atoms with Gasteiger partial charge in [0.15, 0.2) is 0 Å². The molecule has 0 spiro atoms. The second kappa shape index (κ2) is 5.72. The summed E-state index contributed by atoms with van der Waals surface area (Å²) in [6.07, 6.45) is -0.0239. The van der Waals surface area contributed by atoms with E-state index in [4.69, 9.17) is 23.2 Å². The predicted octanol–water partition coefficient (Wildman–Crippen LogP) is 5.09. The molecule has 90 valence electrons. The van der Waals surface area contributed by atoms with Crippen molar-refractivity contribution in [2.45, 2.75) is 12.5 Å². The lowest BCUT2D eigenvalue weighted by Gasteiger charge is -2.10. The molecule has 0 aliphatic rings. The van der Waals surface area contributed by atoms with Gasteiger partial charge >= 0.3 is 0 Å². The highest BCUT2D eigenvalue weighted by Gasteiger charge is 2.11. The Labute approximate surface area is 122 Å². The van der Waals surface area contributed by atoms with Crippen LogP contribution >= 0.6 is 50.5 Å². The summed E-state index contributed by atoms with van der Waals surface area (Å²) in [5.41, 5.74) is 0.800. The first-order chi connectivity index (χ1) is 8.04. The van der Waals surface area contributed by atoms with Crippen LogP contribution in [0.4, 0.5) is 0 Å². The van der Waals surface area contributed by atoms with E-state index in [9.17, 15) is 5.11 Å². The lowest BCUT2D eigenvalue weighted by atomic mass is 10.1. The van der Waals surface area contributed by atoms with Crippen LogP contribution in [-0.2, 0) is 6.42 Å². The molecule has 1 aromatic heterocycles. The van der Waals surface area contributed by atoms with Crippen LogP contribution in [0.1, 0.15) is 16.5 Å². The molecule has 0 radical (unpaired) electrons. The molecule has 1 atom stereocenters. The molecule has 1 heterocycles. The quantitative estimate of drug-likeness (QED) is 0.816. The maximum atomic E-state index is 10.1. The minimum absolute atomic E-state index is 0.546. The van der Waals surface area contributed by atoms with Crippen LogP contribution < -0.4 is 0 Å². The fraction of sp³-hybridized carbons (Fsp3) is 0.167. The molecule has 1 unspecified atom stereocenters. The summed E-state index contributed by atoms with van der Waals surface area (Å²) >= 11 is 16.6. The smallest absolute Gasteiger partial charge is 0.0931 e. The molecule has 17 heavy (non-hydrogen) atoms. The minimum Gasteiger partial charge on any atom is -0.388 e. The zero-order chi connectivity index (χ0) is 12.4. The Bertz CT molecular complexity index is 507. The first-order valence-electron chi connectivity index (χ1n) is 4.93. The third-order valence-electron chi connectivity index (χ3n) is 2.29. The molecule has 1 nitrogen and oxygen atoms in total. The van der Waals surface area contributed by atoms with Crippen LogP contribution in [0.2, 0.25) is 9.36 Å². The molecule has 1 N–H and O–H groups in total. The van der Waals surface area contributed by atoms with E-state index < -0.39 is 6.10 Å². The molecule has 2 rings (SSSR count). The van der Waals surface area contributed by atoms with Gasteiger partial charge in [-0.2, -0.15) is 0 Å². The second-order valence-electron chi connectivity index (χ2n) is 3.63. The van der Waals surface area contributed by atoms with Crippen molar-refractivity contribution in [3.8, 4) is 0 Å². The zero-order valence-corrected chi connectivity index (χ0v) is 12.6. The van der Waals surface area contributed by atoms with Gasteiger partial charge in [0, 0.05) is 20.8 Å². The highest BCUT2D eigenvalue weighted by Crippen LogP contribution is 2.29. The van der Waals surface area contributed by atoms with Gasteiger partial charge in [-0.15, -0.1) is 11.3 Å². The number of benzene rings is 1. The third kappa shape index (κ3) is 3.70. The Morgan fingerprint density at radius 2 is 2.00 bits per heavy atom. The Kier molecular flexibility index (Phi) is 4.50. The van der Waals surface area contributed by atoms with Crippen molar-refractivity contribution in [2.24, 2.45) is 0 Å². The molecular formula is C12H9BrCl2OS. The van der Waals surface area contributed by atoms with E-state index in [1.165, 1.54) is 11.3 Å². The molecule has 0 fully saturated rings. The van der Waals surface area contributed by atoms with Gasteiger partial charge in [0.2, 0.25) is 0 Å². The van der Waals surface area contributed by atoms with E-state index >= 15 is 0 Å². The van der Waals surface area contributed by atoms with Crippen LogP contribution in [0.25, 0.3) is 0 Å². The third-order valence-corrected chi connectivity index (χ3v) is 4.22. The van der Waals surface area contributed by atoms with Crippen LogP contribution in [0.3, 0.4) is 0 Å². The lowest BCUT2D eigenvalue weighted by molar-refractivity contribution is 0.179. The summed E-state index contributed by atoms with van der Waals surface area (Å²) in [4.78, 5) is 1.05. The molecule has 0 saturated heterocycles. The maximum absolute atomic E-state index is 10.1. The normalized spacial score (nSPS) is 12.7. The molecular weight excluding hydrogens is 343 g/mol. The number of rotatable bonds is 3. The largest absolute Gasteiger partial charge is 0.388 e.